The van der Waals surface area contributed by atoms with Crippen molar-refractivity contribution in [3.63, 3.8) is 0 Å². The monoisotopic (exact) mass is 531 g/mol. The van der Waals surface area contributed by atoms with Gasteiger partial charge in [-0.1, -0.05) is 12.1 Å². The Morgan fingerprint density at radius 2 is 1.97 bits per heavy atom. The average molecular weight is 532 g/mol. The number of benzene rings is 2. The van der Waals surface area contributed by atoms with Crippen molar-refractivity contribution in [1.29, 1.82) is 0 Å². The number of ether oxygens (including phenoxy) is 1. The molecule has 1 saturated heterocycles. The first-order chi connectivity index (χ1) is 18.6. The van der Waals surface area contributed by atoms with Gasteiger partial charge in [0.15, 0.2) is 5.82 Å². The van der Waals surface area contributed by atoms with Crippen LogP contribution in [0.25, 0.3) is 21.6 Å². The van der Waals surface area contributed by atoms with E-state index in [1.54, 1.807) is 47.7 Å². The van der Waals surface area contributed by atoms with E-state index in [9.17, 15) is 9.90 Å². The molecule has 5 rings (SSSR count). The molecule has 0 saturated carbocycles. The lowest BCUT2D eigenvalue weighted by Crippen LogP contribution is -2.37. The topological polar surface area (TPSA) is 124 Å². The summed E-state index contributed by atoms with van der Waals surface area (Å²) >= 11 is 1.63. The van der Waals surface area contributed by atoms with Gasteiger partial charge in [-0.3, -0.25) is 4.90 Å². The number of hydrazone groups is 1. The number of amides is 2. The van der Waals surface area contributed by atoms with Gasteiger partial charge in [0.2, 0.25) is 0 Å². The fraction of sp³-hybridized carbons (Fsp3) is 0.259. The maximum absolute atomic E-state index is 12.2. The van der Waals surface area contributed by atoms with Crippen LogP contribution < -0.4 is 16.1 Å². The number of phenols is 1. The molecule has 196 valence electrons. The van der Waals surface area contributed by atoms with Gasteiger partial charge in [-0.15, -0.1) is 11.3 Å². The number of carbonyl (C=O) groups excluding carboxylic acids is 1. The summed E-state index contributed by atoms with van der Waals surface area (Å²) in [5.41, 5.74) is 5.44. The molecule has 0 bridgehead atoms. The number of hydrogen-bond acceptors (Lipinski definition) is 9. The second-order valence-electron chi connectivity index (χ2n) is 8.76. The first kappa shape index (κ1) is 25.6. The summed E-state index contributed by atoms with van der Waals surface area (Å²) in [6.45, 7) is 5.46. The average Bonchev–Trinajstić information content (AvgIpc) is 3.41. The fourth-order valence-corrected chi connectivity index (χ4v) is 4.88. The van der Waals surface area contributed by atoms with Crippen LogP contribution in [0.2, 0.25) is 0 Å². The Morgan fingerprint density at radius 1 is 1.13 bits per heavy atom. The Hall–Kier alpha value is -4.06. The first-order valence-electron chi connectivity index (χ1n) is 12.4. The van der Waals surface area contributed by atoms with Crippen molar-refractivity contribution < 1.29 is 14.6 Å². The number of carbonyl (C=O) groups is 1. The molecule has 2 aromatic heterocycles. The number of thiophene rings is 1. The molecule has 10 nitrogen and oxygen atoms in total. The fourth-order valence-electron chi connectivity index (χ4n) is 4.08. The molecular formula is C27H29N7O3S. The summed E-state index contributed by atoms with van der Waals surface area (Å²) in [4.78, 5) is 24.2. The zero-order valence-corrected chi connectivity index (χ0v) is 21.6. The standard InChI is InChI=1S/C27H29N7O3S/c35-22-4-1-3-19(17-22)18-29-33-27(36)30-21-7-5-20(6-8-21)25-31-23-9-16-38-24(23)26(32-25)28-10-2-11-34-12-14-37-15-13-34/h1,3-9,16-18,35H,2,10-15H2,(H,28,31,32)(H2,30,33,36)/b29-18+. The van der Waals surface area contributed by atoms with Gasteiger partial charge in [0, 0.05) is 30.9 Å². The van der Waals surface area contributed by atoms with E-state index in [0.717, 1.165) is 67.4 Å². The van der Waals surface area contributed by atoms with Crippen LogP contribution >= 0.6 is 11.3 Å². The zero-order valence-electron chi connectivity index (χ0n) is 20.8. The lowest BCUT2D eigenvalue weighted by Gasteiger charge is -2.26. The minimum Gasteiger partial charge on any atom is -0.508 e. The summed E-state index contributed by atoms with van der Waals surface area (Å²) in [7, 11) is 0. The molecule has 11 heteroatoms. The molecule has 3 heterocycles. The Labute approximate surface area is 224 Å². The molecule has 0 unspecified atom stereocenters. The number of phenolic OH excluding ortho intramolecular Hbond substituents is 1. The Bertz CT molecular complexity index is 1400. The zero-order chi connectivity index (χ0) is 26.2. The van der Waals surface area contributed by atoms with Gasteiger partial charge in [-0.25, -0.2) is 20.2 Å². The number of nitrogens with zero attached hydrogens (tertiary/aromatic N) is 4. The highest BCUT2D eigenvalue weighted by Gasteiger charge is 2.12. The predicted molar refractivity (Wildman–Crippen MR) is 151 cm³/mol. The molecule has 1 fully saturated rings. The summed E-state index contributed by atoms with van der Waals surface area (Å²) in [5, 5.41) is 21.7. The number of anilines is 2. The third-order valence-corrected chi connectivity index (χ3v) is 6.91. The van der Waals surface area contributed by atoms with Crippen LogP contribution in [0, 0.1) is 0 Å². The van der Waals surface area contributed by atoms with Crippen molar-refractivity contribution in [1.82, 2.24) is 20.3 Å². The van der Waals surface area contributed by atoms with Crippen LogP contribution in [0.1, 0.15) is 12.0 Å². The van der Waals surface area contributed by atoms with Gasteiger partial charge in [0.05, 0.1) is 29.6 Å². The molecule has 0 radical (unpaired) electrons. The van der Waals surface area contributed by atoms with Gasteiger partial charge in [0.1, 0.15) is 11.6 Å². The maximum atomic E-state index is 12.2. The van der Waals surface area contributed by atoms with Crippen LogP contribution in [0.15, 0.2) is 65.1 Å². The van der Waals surface area contributed by atoms with E-state index >= 15 is 0 Å². The van der Waals surface area contributed by atoms with Gasteiger partial charge >= 0.3 is 6.03 Å². The highest BCUT2D eigenvalue weighted by molar-refractivity contribution is 7.17. The Morgan fingerprint density at radius 3 is 2.79 bits per heavy atom. The normalized spacial score (nSPS) is 14.1. The quantitative estimate of drug-likeness (QED) is 0.144. The van der Waals surface area contributed by atoms with Crippen molar-refractivity contribution in [3.8, 4) is 17.1 Å². The smallest absolute Gasteiger partial charge is 0.339 e. The summed E-state index contributed by atoms with van der Waals surface area (Å²) in [6, 6.07) is 15.4. The van der Waals surface area contributed by atoms with Crippen LogP contribution in [0.4, 0.5) is 16.3 Å². The molecule has 4 N–H and O–H groups in total. The van der Waals surface area contributed by atoms with Crippen LogP contribution in [-0.2, 0) is 4.74 Å². The number of aromatic hydroxyl groups is 1. The molecule has 0 spiro atoms. The van der Waals surface area contributed by atoms with Crippen LogP contribution in [0.5, 0.6) is 5.75 Å². The third kappa shape index (κ3) is 6.82. The number of aromatic nitrogens is 2. The number of fused-ring (bicyclic) bond motifs is 1. The van der Waals surface area contributed by atoms with E-state index in [4.69, 9.17) is 14.7 Å². The summed E-state index contributed by atoms with van der Waals surface area (Å²) < 4.78 is 6.46. The number of urea groups is 1. The number of rotatable bonds is 9. The molecule has 0 aliphatic carbocycles. The number of hydrogen-bond donors (Lipinski definition) is 4. The lowest BCUT2D eigenvalue weighted by molar-refractivity contribution is 0.0378. The second-order valence-corrected chi connectivity index (χ2v) is 9.68. The highest BCUT2D eigenvalue weighted by Crippen LogP contribution is 2.29. The summed E-state index contributed by atoms with van der Waals surface area (Å²) in [5.74, 6) is 1.60. The van der Waals surface area contributed by atoms with Crippen molar-refractivity contribution in [2.24, 2.45) is 5.10 Å². The summed E-state index contributed by atoms with van der Waals surface area (Å²) in [6.07, 6.45) is 2.47. The molecule has 2 aromatic carbocycles. The van der Waals surface area contributed by atoms with Gasteiger partial charge in [-0.2, -0.15) is 5.10 Å². The Kier molecular flexibility index (Phi) is 8.39. The predicted octanol–water partition coefficient (Wildman–Crippen LogP) is 4.35. The van der Waals surface area contributed by atoms with E-state index in [1.165, 1.54) is 6.21 Å². The largest absolute Gasteiger partial charge is 0.508 e. The second kappa shape index (κ2) is 12.5. The van der Waals surface area contributed by atoms with E-state index in [0.29, 0.717) is 17.1 Å². The minimum absolute atomic E-state index is 0.132. The van der Waals surface area contributed by atoms with E-state index in [-0.39, 0.29) is 5.75 Å². The van der Waals surface area contributed by atoms with Gasteiger partial charge in [0.25, 0.3) is 0 Å². The molecule has 1 aliphatic rings. The minimum atomic E-state index is -0.478. The Balaban J connectivity index is 1.18. The lowest BCUT2D eigenvalue weighted by atomic mass is 10.2. The van der Waals surface area contributed by atoms with E-state index in [1.807, 2.05) is 23.6 Å². The molecule has 0 atom stereocenters. The number of morpholine rings is 1. The highest BCUT2D eigenvalue weighted by atomic mass is 32.1. The first-order valence-corrected chi connectivity index (χ1v) is 13.3. The number of nitrogens with one attached hydrogen (secondary N) is 3. The van der Waals surface area contributed by atoms with Gasteiger partial charge in [-0.05, 0) is 66.4 Å². The molecule has 1 aliphatic heterocycles. The third-order valence-electron chi connectivity index (χ3n) is 6.00. The van der Waals surface area contributed by atoms with Crippen molar-refractivity contribution in [2.75, 3.05) is 50.0 Å². The molecular weight excluding hydrogens is 502 g/mol. The van der Waals surface area contributed by atoms with Crippen molar-refractivity contribution in [3.05, 3.63) is 65.5 Å². The van der Waals surface area contributed by atoms with Crippen molar-refractivity contribution in [2.45, 2.75) is 6.42 Å². The molecule has 2 amide bonds. The maximum Gasteiger partial charge on any atom is 0.339 e. The van der Waals surface area contributed by atoms with Crippen LogP contribution in [0.3, 0.4) is 0 Å². The molecule has 4 aromatic rings. The van der Waals surface area contributed by atoms with Crippen LogP contribution in [-0.4, -0.2) is 71.6 Å². The van der Waals surface area contributed by atoms with Gasteiger partial charge < -0.3 is 20.5 Å². The SMILES string of the molecule is O=C(N/N=C/c1cccc(O)c1)Nc1ccc(-c2nc(NCCCN3CCOCC3)c3sccc3n2)cc1. The van der Waals surface area contributed by atoms with E-state index in [2.05, 4.69) is 26.1 Å². The van der Waals surface area contributed by atoms with Crippen molar-refractivity contribution >= 4 is 45.3 Å². The molecule has 38 heavy (non-hydrogen) atoms. The van der Waals surface area contributed by atoms with E-state index < -0.39 is 6.03 Å².